The molecule has 7 N–H and O–H groups in total. The van der Waals surface area contributed by atoms with Crippen molar-refractivity contribution in [1.82, 2.24) is 70.6 Å². The normalized spacial score (nSPS) is 11.3. The van der Waals surface area contributed by atoms with Crippen LogP contribution in [0.1, 0.15) is 58.6 Å². The Labute approximate surface area is 638 Å². The Kier molecular flexibility index (Phi) is 20.8. The molecule has 0 unspecified atom stereocenters. The zero-order chi connectivity index (χ0) is 79.6. The van der Waals surface area contributed by atoms with Gasteiger partial charge in [0.1, 0.15) is 28.5 Å². The standard InChI is InChI=1S/C30H28N6O4.C29H25FN6O3.C25H20N6O2/c1-30(2,3)40-29(38)32-16-23-21-13-18(11-12-20(21)28(37)35-34-23)22-15-33-36(5)27(22)25-24(39-6)14-17-9-7-8-10-19(17)26(25)31-4;1-29(2,3)39-28(38)32-15-23-20-12-17(10-11-19(20)27(37)35-34-23)21-14-33-36(5)26(21)24-22(30)13-16-8-6-7-9-18(16)25(24)31-4;1-27-23-16-7-5-4-6-14(16)11-21(33-3)22(23)24-19(13-28-31(24)2)15-8-9-17-18(10-15)20(12-26)29-30-25(17)32/h7-15H,16H2,1-3,5-6H3,(H,32,38)(H,35,37);6-14H,15H2,1-3,5H3,(H,32,38)(H,35,37);4-11,13H,12,26H2,2-3H3,(H,30,32). The van der Waals surface area contributed by atoms with Gasteiger partial charge in [-0.2, -0.15) is 30.6 Å². The van der Waals surface area contributed by atoms with Crippen molar-refractivity contribution in [3.63, 3.8) is 0 Å². The van der Waals surface area contributed by atoms with Gasteiger partial charge in [0.25, 0.3) is 16.7 Å². The number of rotatable bonds is 13. The van der Waals surface area contributed by atoms with Gasteiger partial charge in [-0.1, -0.05) is 91.0 Å². The van der Waals surface area contributed by atoms with Gasteiger partial charge in [0.15, 0.2) is 0 Å². The highest BCUT2D eigenvalue weighted by Crippen LogP contribution is 2.50. The first-order chi connectivity index (χ1) is 53.7. The summed E-state index contributed by atoms with van der Waals surface area (Å²) < 4.78 is 42.7. The first-order valence-electron chi connectivity index (χ1n) is 35.0. The fourth-order valence-corrected chi connectivity index (χ4v) is 13.6. The van der Waals surface area contributed by atoms with Gasteiger partial charge in [0.05, 0.1) is 116 Å². The summed E-state index contributed by atoms with van der Waals surface area (Å²) in [5.41, 5.74) is 13.8. The molecule has 0 fully saturated rings. The van der Waals surface area contributed by atoms with E-state index in [0.29, 0.717) is 117 Å². The highest BCUT2D eigenvalue weighted by molar-refractivity contribution is 6.09. The Morgan fingerprint density at radius 1 is 0.455 bits per heavy atom. The smallest absolute Gasteiger partial charge is 0.407 e. The van der Waals surface area contributed by atoms with E-state index in [1.807, 2.05) is 105 Å². The Morgan fingerprint density at radius 2 is 0.777 bits per heavy atom. The van der Waals surface area contributed by atoms with Crippen molar-refractivity contribution in [3.05, 3.63) is 252 Å². The van der Waals surface area contributed by atoms with Crippen LogP contribution >= 0.6 is 0 Å². The number of ether oxygens (including phenoxy) is 4. The molecule has 0 atom stereocenters. The number of aromatic nitrogens is 12. The van der Waals surface area contributed by atoms with Crippen molar-refractivity contribution < 1.29 is 32.9 Å². The Morgan fingerprint density at radius 3 is 1.12 bits per heavy atom. The van der Waals surface area contributed by atoms with Crippen molar-refractivity contribution in [2.45, 2.75) is 72.4 Å². The predicted molar refractivity (Wildman–Crippen MR) is 428 cm³/mol. The van der Waals surface area contributed by atoms with Crippen molar-refractivity contribution in [1.29, 1.82) is 0 Å². The highest BCUT2D eigenvalue weighted by atomic mass is 19.1. The maximum Gasteiger partial charge on any atom is 0.407 e. The van der Waals surface area contributed by atoms with Crippen LogP contribution in [0, 0.1) is 25.5 Å². The average Bonchev–Trinajstić information content (AvgIpc) is 1.50. The highest BCUT2D eigenvalue weighted by Gasteiger charge is 2.29. The number of nitrogens with two attached hydrogens (primary N) is 1. The number of hydrogen-bond donors (Lipinski definition) is 6. The maximum absolute atomic E-state index is 15.6. The lowest BCUT2D eigenvalue weighted by atomic mass is 9.95. The summed E-state index contributed by atoms with van der Waals surface area (Å²) in [6, 6.07) is 43.9. The van der Waals surface area contributed by atoms with Crippen LogP contribution in [0.4, 0.5) is 31.0 Å². The lowest BCUT2D eigenvalue weighted by Gasteiger charge is -2.19. The van der Waals surface area contributed by atoms with Gasteiger partial charge >= 0.3 is 12.2 Å². The quantitative estimate of drug-likeness (QED) is 0.0584. The number of carbonyl (C=O) groups is 2. The third-order valence-electron chi connectivity index (χ3n) is 18.6. The van der Waals surface area contributed by atoms with Gasteiger partial charge < -0.3 is 35.3 Å². The topological polar surface area (TPSA) is 325 Å². The molecule has 28 heteroatoms. The molecule has 560 valence electrons. The van der Waals surface area contributed by atoms with E-state index in [4.69, 9.17) is 44.4 Å². The summed E-state index contributed by atoms with van der Waals surface area (Å²) in [5.74, 6) is 0.604. The van der Waals surface area contributed by atoms with E-state index in [0.717, 1.165) is 49.5 Å². The molecule has 0 aliphatic rings. The maximum atomic E-state index is 15.6. The number of carbonyl (C=O) groups excluding carboxylic acids is 2. The molecule has 0 saturated heterocycles. The van der Waals surface area contributed by atoms with Gasteiger partial charge in [-0.25, -0.2) is 43.8 Å². The number of halogens is 1. The van der Waals surface area contributed by atoms with E-state index >= 15 is 4.39 Å². The molecule has 27 nitrogen and oxygen atoms in total. The van der Waals surface area contributed by atoms with E-state index in [1.54, 1.807) is 139 Å². The predicted octanol–water partition coefficient (Wildman–Crippen LogP) is 15.7. The molecule has 0 aliphatic carbocycles. The lowest BCUT2D eigenvalue weighted by Crippen LogP contribution is -2.32. The van der Waals surface area contributed by atoms with Crippen molar-refractivity contribution >= 4 is 93.9 Å². The van der Waals surface area contributed by atoms with Gasteiger partial charge in [-0.05, 0) is 145 Å². The van der Waals surface area contributed by atoms with Gasteiger partial charge in [0.2, 0.25) is 17.1 Å². The summed E-state index contributed by atoms with van der Waals surface area (Å²) >= 11 is 0. The Bertz CT molecular complexity index is 6640. The number of amides is 2. The molecule has 15 aromatic rings. The zero-order valence-corrected chi connectivity index (χ0v) is 62.7. The van der Waals surface area contributed by atoms with E-state index < -0.39 is 29.2 Å². The average molecular weight is 1500 g/mol. The summed E-state index contributed by atoms with van der Waals surface area (Å²) in [7, 11) is 8.50. The van der Waals surface area contributed by atoms with Crippen LogP contribution in [-0.2, 0) is 50.3 Å². The molecule has 0 aliphatic heterocycles. The minimum Gasteiger partial charge on any atom is -0.497 e. The Balaban J connectivity index is 0.000000148. The molecule has 0 radical (unpaired) electrons. The molecule has 6 heterocycles. The Hall–Kier alpha value is -14.7. The number of fused-ring (bicyclic) bond motifs is 6. The third-order valence-corrected chi connectivity index (χ3v) is 18.6. The summed E-state index contributed by atoms with van der Waals surface area (Å²) in [6.45, 7) is 34.7. The zero-order valence-electron chi connectivity index (χ0n) is 62.7. The first kappa shape index (κ1) is 75.5. The summed E-state index contributed by atoms with van der Waals surface area (Å²) in [5, 5.41) is 46.4. The van der Waals surface area contributed by atoms with Gasteiger partial charge in [-0.15, -0.1) is 0 Å². The van der Waals surface area contributed by atoms with E-state index in [1.165, 1.54) is 10.7 Å². The molecule has 6 aromatic heterocycles. The van der Waals surface area contributed by atoms with Crippen molar-refractivity contribution in [2.24, 2.45) is 26.9 Å². The summed E-state index contributed by atoms with van der Waals surface area (Å²) in [4.78, 5) is 73.3. The number of aromatic amines is 3. The molecule has 0 bridgehead atoms. The van der Waals surface area contributed by atoms with E-state index in [-0.39, 0.29) is 47.6 Å². The SMILES string of the molecule is [C-]#[N+]c1c(-c2c(-c3ccc4c(=O)[nH]nc(CN)c4c3)cnn2C)c(OC)cc2ccccc12.[C-]#[N+]c1c(-c2c(-c3ccc4c(=O)[nH]nc(CNC(=O)OC(C)(C)C)c4c3)cnn2C)c(F)cc2ccccc12.[C-]#[N+]c1c(-c2c(-c3ccc4c(=O)[nH]nc(CNC(=O)OC(C)(C)C)c4c3)cnn2C)c(OC)cc2ccccc12. The minimum absolute atomic E-state index is 0.00666. The number of hydrogen-bond acceptors (Lipinski definition) is 16. The van der Waals surface area contributed by atoms with Crippen LogP contribution in [0.3, 0.4) is 0 Å². The van der Waals surface area contributed by atoms with Crippen molar-refractivity contribution in [3.8, 4) is 78.7 Å². The van der Waals surface area contributed by atoms with Crippen LogP contribution in [0.25, 0.3) is 146 Å². The van der Waals surface area contributed by atoms with Crippen LogP contribution in [-0.4, -0.2) is 97.5 Å². The summed E-state index contributed by atoms with van der Waals surface area (Å²) in [6.07, 6.45) is 3.86. The number of H-pyrrole nitrogens is 3. The van der Waals surface area contributed by atoms with Crippen molar-refractivity contribution in [2.75, 3.05) is 14.2 Å². The van der Waals surface area contributed by atoms with Gasteiger partial charge in [0, 0.05) is 77.2 Å². The van der Waals surface area contributed by atoms with Gasteiger partial charge in [-0.3, -0.25) is 28.4 Å². The largest absolute Gasteiger partial charge is 0.497 e. The molecular formula is C84H73FN18O9. The number of aryl methyl sites for hydroxylation is 3. The third kappa shape index (κ3) is 14.8. The van der Waals surface area contributed by atoms with Crippen LogP contribution in [0.5, 0.6) is 11.5 Å². The molecular weight excluding hydrogens is 1420 g/mol. The molecule has 112 heavy (non-hydrogen) atoms. The van der Waals surface area contributed by atoms with Crippen LogP contribution < -0.4 is 42.5 Å². The number of benzene rings is 9. The minimum atomic E-state index is -0.670. The molecule has 2 amide bonds. The number of nitrogens with one attached hydrogen (secondary N) is 5. The fourth-order valence-electron chi connectivity index (χ4n) is 13.6. The second-order valence-electron chi connectivity index (χ2n) is 28.0. The van der Waals surface area contributed by atoms with E-state index in [9.17, 15) is 24.0 Å². The van der Waals surface area contributed by atoms with E-state index in [2.05, 4.69) is 71.1 Å². The van der Waals surface area contributed by atoms with Crippen LogP contribution in [0.2, 0.25) is 0 Å². The number of alkyl carbamates (subject to hydrolysis) is 2. The fraction of sp³-hybridized carbons (Fsp3) is 0.190. The second kappa shape index (κ2) is 30.9. The molecule has 0 spiro atoms. The first-order valence-corrected chi connectivity index (χ1v) is 35.0. The lowest BCUT2D eigenvalue weighted by molar-refractivity contribution is 0.0511. The molecule has 9 aromatic carbocycles. The number of nitrogens with zero attached hydrogens (tertiary/aromatic N) is 12. The number of methoxy groups -OCH3 is 2. The van der Waals surface area contributed by atoms with Crippen LogP contribution in [0.15, 0.2) is 179 Å². The molecule has 0 saturated carbocycles. The monoisotopic (exact) mass is 1500 g/mol. The molecule has 15 rings (SSSR count). The second-order valence-corrected chi connectivity index (χ2v) is 28.0.